The fourth-order valence-corrected chi connectivity index (χ4v) is 3.85. The average Bonchev–Trinajstić information content (AvgIpc) is 2.71. The number of likely N-dealkylation sites (N-methyl/N-ethyl adjacent to an activating group) is 1. The number of carbonyl (C=O) groups excluding carboxylic acids is 2. The second-order valence-corrected chi connectivity index (χ2v) is 9.12. The molecule has 0 aliphatic rings. The van der Waals surface area contributed by atoms with Gasteiger partial charge in [-0.05, 0) is 42.8 Å². The highest BCUT2D eigenvalue weighted by Crippen LogP contribution is 2.25. The number of nitrogens with one attached hydrogen (secondary N) is 1. The molecule has 0 heterocycles. The van der Waals surface area contributed by atoms with E-state index < -0.39 is 46.1 Å². The number of halogens is 3. The summed E-state index contributed by atoms with van der Waals surface area (Å²) < 4.78 is 52.2. The number of benzene rings is 2. The summed E-state index contributed by atoms with van der Waals surface area (Å²) >= 11 is 5.76. The van der Waals surface area contributed by atoms with Crippen LogP contribution >= 0.6 is 11.6 Å². The van der Waals surface area contributed by atoms with Crippen molar-refractivity contribution < 1.29 is 26.8 Å². The molecule has 0 spiro atoms. The fourth-order valence-electron chi connectivity index (χ4n) is 2.83. The molecule has 0 aromatic heterocycles. The lowest BCUT2D eigenvalue weighted by molar-refractivity contribution is -0.139. The van der Waals surface area contributed by atoms with Crippen LogP contribution in [0.15, 0.2) is 42.5 Å². The van der Waals surface area contributed by atoms with Crippen molar-refractivity contribution in [2.45, 2.75) is 19.5 Å². The van der Waals surface area contributed by atoms with Crippen LogP contribution in [0.5, 0.6) is 0 Å². The van der Waals surface area contributed by atoms with E-state index in [1.807, 2.05) is 0 Å². The SMILES string of the molecule is CNC(=O)C(C)N(Cc1ccc(F)cc1)C(=O)CN(c1ccc(F)c(Cl)c1)S(C)(=O)=O. The van der Waals surface area contributed by atoms with Gasteiger partial charge < -0.3 is 10.2 Å². The van der Waals surface area contributed by atoms with E-state index in [9.17, 15) is 26.8 Å². The Bertz CT molecular complexity index is 1060. The van der Waals surface area contributed by atoms with Crippen molar-refractivity contribution >= 4 is 39.1 Å². The number of carbonyl (C=O) groups is 2. The predicted octanol–water partition coefficient (Wildman–Crippen LogP) is 2.55. The van der Waals surface area contributed by atoms with Gasteiger partial charge in [0.15, 0.2) is 0 Å². The summed E-state index contributed by atoms with van der Waals surface area (Å²) in [6.07, 6.45) is 0.893. The van der Waals surface area contributed by atoms with Gasteiger partial charge in [-0.3, -0.25) is 13.9 Å². The van der Waals surface area contributed by atoms with Crippen LogP contribution in [0, 0.1) is 11.6 Å². The van der Waals surface area contributed by atoms with Gasteiger partial charge >= 0.3 is 0 Å². The lowest BCUT2D eigenvalue weighted by Crippen LogP contribution is -2.50. The van der Waals surface area contributed by atoms with Crippen molar-refractivity contribution in [3.8, 4) is 0 Å². The van der Waals surface area contributed by atoms with Crippen LogP contribution < -0.4 is 9.62 Å². The highest BCUT2D eigenvalue weighted by molar-refractivity contribution is 7.92. The second kappa shape index (κ2) is 10.1. The predicted molar refractivity (Wildman–Crippen MR) is 114 cm³/mol. The van der Waals surface area contributed by atoms with E-state index in [0.717, 1.165) is 22.7 Å². The van der Waals surface area contributed by atoms with Gasteiger partial charge in [0.25, 0.3) is 0 Å². The number of anilines is 1. The summed E-state index contributed by atoms with van der Waals surface area (Å²) in [6, 6.07) is 7.67. The third kappa shape index (κ3) is 6.38. The van der Waals surface area contributed by atoms with Crippen LogP contribution in [0.1, 0.15) is 12.5 Å². The Morgan fingerprint density at radius 1 is 1.13 bits per heavy atom. The number of sulfonamides is 1. The number of rotatable bonds is 8. The van der Waals surface area contributed by atoms with Gasteiger partial charge in [-0.25, -0.2) is 17.2 Å². The summed E-state index contributed by atoms with van der Waals surface area (Å²) in [5.74, 6) is -2.36. The Balaban J connectivity index is 2.39. The first-order chi connectivity index (χ1) is 14.4. The fraction of sp³-hybridized carbons (Fsp3) is 0.300. The van der Waals surface area contributed by atoms with Crippen molar-refractivity contribution in [2.24, 2.45) is 0 Å². The van der Waals surface area contributed by atoms with E-state index in [-0.39, 0.29) is 17.3 Å². The van der Waals surface area contributed by atoms with Gasteiger partial charge in [0.2, 0.25) is 21.8 Å². The molecule has 2 aromatic rings. The zero-order valence-electron chi connectivity index (χ0n) is 17.1. The maximum Gasteiger partial charge on any atom is 0.244 e. The van der Waals surface area contributed by atoms with Crippen LogP contribution in [0.4, 0.5) is 14.5 Å². The second-order valence-electron chi connectivity index (χ2n) is 6.81. The van der Waals surface area contributed by atoms with E-state index in [4.69, 9.17) is 11.6 Å². The maximum atomic E-state index is 13.5. The Hall–Kier alpha value is -2.72. The normalized spacial score (nSPS) is 12.2. The minimum absolute atomic E-state index is 0.00317. The van der Waals surface area contributed by atoms with Crippen LogP contribution in [0.25, 0.3) is 0 Å². The van der Waals surface area contributed by atoms with Gasteiger partial charge in [-0.2, -0.15) is 0 Å². The Morgan fingerprint density at radius 3 is 2.26 bits per heavy atom. The third-order valence-electron chi connectivity index (χ3n) is 4.55. The minimum atomic E-state index is -3.95. The lowest BCUT2D eigenvalue weighted by atomic mass is 10.1. The van der Waals surface area contributed by atoms with E-state index >= 15 is 0 Å². The molecule has 1 unspecified atom stereocenters. The number of hydrogen-bond donors (Lipinski definition) is 1. The standard InChI is InChI=1S/C20H22ClF2N3O4S/c1-13(20(28)24-2)25(11-14-4-6-15(22)7-5-14)19(27)12-26(31(3,29)30)16-8-9-18(23)17(21)10-16/h4-10,13H,11-12H2,1-3H3,(H,24,28). The number of nitrogens with zero attached hydrogens (tertiary/aromatic N) is 2. The van der Waals surface area contributed by atoms with Crippen molar-refractivity contribution in [3.05, 3.63) is 64.7 Å². The molecular formula is C20H22ClF2N3O4S. The van der Waals surface area contributed by atoms with E-state index in [2.05, 4.69) is 5.32 Å². The first kappa shape index (κ1) is 24.5. The van der Waals surface area contributed by atoms with Gasteiger partial charge in [-0.15, -0.1) is 0 Å². The lowest BCUT2D eigenvalue weighted by Gasteiger charge is -2.31. The Labute approximate surface area is 184 Å². The smallest absolute Gasteiger partial charge is 0.244 e. The Morgan fingerprint density at radius 2 is 1.74 bits per heavy atom. The molecule has 31 heavy (non-hydrogen) atoms. The highest BCUT2D eigenvalue weighted by Gasteiger charge is 2.30. The van der Waals surface area contributed by atoms with Crippen LogP contribution in [-0.2, 0) is 26.2 Å². The Kier molecular flexibility index (Phi) is 7.96. The number of amides is 2. The van der Waals surface area contributed by atoms with Gasteiger partial charge in [0.1, 0.15) is 24.2 Å². The topological polar surface area (TPSA) is 86.8 Å². The molecule has 7 nitrogen and oxygen atoms in total. The molecule has 1 N–H and O–H groups in total. The van der Waals surface area contributed by atoms with E-state index in [0.29, 0.717) is 5.56 Å². The summed E-state index contributed by atoms with van der Waals surface area (Å²) in [5.41, 5.74) is 0.540. The summed E-state index contributed by atoms with van der Waals surface area (Å²) in [7, 11) is -2.55. The van der Waals surface area contributed by atoms with Crippen LogP contribution in [0.2, 0.25) is 5.02 Å². The summed E-state index contributed by atoms with van der Waals surface area (Å²) in [5, 5.41) is 2.14. The quantitative estimate of drug-likeness (QED) is 0.638. The molecule has 2 rings (SSSR count). The molecule has 0 saturated carbocycles. The van der Waals surface area contributed by atoms with Crippen LogP contribution in [0.3, 0.4) is 0 Å². The first-order valence-electron chi connectivity index (χ1n) is 9.12. The molecule has 0 saturated heterocycles. The largest absolute Gasteiger partial charge is 0.357 e. The van der Waals surface area contributed by atoms with E-state index in [1.165, 1.54) is 49.2 Å². The molecule has 2 amide bonds. The van der Waals surface area contributed by atoms with Crippen LogP contribution in [-0.4, -0.2) is 51.0 Å². The molecule has 0 radical (unpaired) electrons. The summed E-state index contributed by atoms with van der Waals surface area (Å²) in [6.45, 7) is 0.776. The average molecular weight is 474 g/mol. The molecule has 1 atom stereocenters. The molecule has 0 aliphatic carbocycles. The molecule has 2 aromatic carbocycles. The van der Waals surface area contributed by atoms with E-state index in [1.54, 1.807) is 0 Å². The van der Waals surface area contributed by atoms with Crippen molar-refractivity contribution in [2.75, 3.05) is 24.2 Å². The van der Waals surface area contributed by atoms with Crippen molar-refractivity contribution in [1.82, 2.24) is 10.2 Å². The highest BCUT2D eigenvalue weighted by atomic mass is 35.5. The van der Waals surface area contributed by atoms with Gasteiger partial charge in [-0.1, -0.05) is 23.7 Å². The molecule has 0 aliphatic heterocycles. The number of hydrogen-bond acceptors (Lipinski definition) is 4. The zero-order valence-corrected chi connectivity index (χ0v) is 18.7. The first-order valence-corrected chi connectivity index (χ1v) is 11.3. The third-order valence-corrected chi connectivity index (χ3v) is 5.98. The molecule has 11 heteroatoms. The molecule has 0 fully saturated rings. The van der Waals surface area contributed by atoms with Gasteiger partial charge in [0.05, 0.1) is 17.0 Å². The van der Waals surface area contributed by atoms with Gasteiger partial charge in [0, 0.05) is 13.6 Å². The molecule has 168 valence electrons. The maximum absolute atomic E-state index is 13.5. The molecule has 0 bridgehead atoms. The minimum Gasteiger partial charge on any atom is -0.357 e. The monoisotopic (exact) mass is 473 g/mol. The molecular weight excluding hydrogens is 452 g/mol. The summed E-state index contributed by atoms with van der Waals surface area (Å²) in [4.78, 5) is 26.5. The van der Waals surface area contributed by atoms with Crippen molar-refractivity contribution in [3.63, 3.8) is 0 Å². The zero-order chi connectivity index (χ0) is 23.3. The van der Waals surface area contributed by atoms with Crippen molar-refractivity contribution in [1.29, 1.82) is 0 Å².